The number of ketones is 1. The van der Waals surface area contributed by atoms with Crippen LogP contribution >= 0.6 is 11.3 Å². The van der Waals surface area contributed by atoms with Gasteiger partial charge in [0.1, 0.15) is 5.78 Å². The van der Waals surface area contributed by atoms with E-state index in [2.05, 4.69) is 20.9 Å². The number of nitrogens with zero attached hydrogens (tertiary/aromatic N) is 3. The third-order valence-electron chi connectivity index (χ3n) is 3.05. The molecule has 0 atom stereocenters. The maximum absolute atomic E-state index is 11.2. The molecule has 1 saturated heterocycles. The summed E-state index contributed by atoms with van der Waals surface area (Å²) in [7, 11) is 0. The first-order valence-electron chi connectivity index (χ1n) is 5.95. The number of anilines is 1. The van der Waals surface area contributed by atoms with Crippen LogP contribution in [0.25, 0.3) is 10.4 Å². The Hall–Kier alpha value is -1.75. The Morgan fingerprint density at radius 2 is 1.89 bits per heavy atom. The number of hydrogen-bond acceptors (Lipinski definition) is 5. The van der Waals surface area contributed by atoms with Crippen LogP contribution in [-0.2, 0) is 4.79 Å². The molecule has 4 nitrogen and oxygen atoms in total. The number of carbonyl (C=O) groups excluding carboxylic acids is 1. The molecule has 0 amide bonds. The Labute approximate surface area is 109 Å². The highest BCUT2D eigenvalue weighted by molar-refractivity contribution is 7.13. The van der Waals surface area contributed by atoms with Gasteiger partial charge in [-0.2, -0.15) is 0 Å². The standard InChI is InChI=1S/C13H13N3OS/c17-11-3-5-16(6-4-11)13-14-8-10(9-15-13)12-2-1-7-18-12/h1-2,7-9H,3-6H2. The average molecular weight is 259 g/mol. The summed E-state index contributed by atoms with van der Waals surface area (Å²) in [6, 6.07) is 4.08. The minimum absolute atomic E-state index is 0.335. The molecular formula is C13H13N3OS. The van der Waals surface area contributed by atoms with Crippen LogP contribution in [0.15, 0.2) is 29.9 Å². The lowest BCUT2D eigenvalue weighted by atomic mass is 10.1. The molecule has 0 unspecified atom stereocenters. The Bertz CT molecular complexity index is 526. The molecule has 2 aromatic heterocycles. The van der Waals surface area contributed by atoms with Crippen LogP contribution in [0.4, 0.5) is 5.95 Å². The molecule has 0 N–H and O–H groups in total. The highest BCUT2D eigenvalue weighted by Gasteiger charge is 2.18. The van der Waals surface area contributed by atoms with Crippen molar-refractivity contribution >= 4 is 23.1 Å². The zero-order valence-corrected chi connectivity index (χ0v) is 10.7. The first kappa shape index (κ1) is 11.3. The smallest absolute Gasteiger partial charge is 0.225 e. The fourth-order valence-electron chi connectivity index (χ4n) is 2.01. The summed E-state index contributed by atoms with van der Waals surface area (Å²) in [5.74, 6) is 1.06. The van der Waals surface area contributed by atoms with Gasteiger partial charge >= 0.3 is 0 Å². The van der Waals surface area contributed by atoms with Gasteiger partial charge in [-0.05, 0) is 11.4 Å². The lowest BCUT2D eigenvalue weighted by molar-refractivity contribution is -0.119. The van der Waals surface area contributed by atoms with Gasteiger partial charge in [-0.3, -0.25) is 4.79 Å². The number of Topliss-reactive ketones (excluding diaryl/α,β-unsaturated/α-hetero) is 1. The molecule has 1 aliphatic heterocycles. The highest BCUT2D eigenvalue weighted by Crippen LogP contribution is 2.24. The molecule has 0 spiro atoms. The van der Waals surface area contributed by atoms with Gasteiger partial charge in [-0.25, -0.2) is 9.97 Å². The summed E-state index contributed by atoms with van der Waals surface area (Å²) in [5.41, 5.74) is 1.04. The topological polar surface area (TPSA) is 46.1 Å². The number of rotatable bonds is 2. The normalized spacial score (nSPS) is 16.0. The summed E-state index contributed by atoms with van der Waals surface area (Å²) >= 11 is 1.68. The van der Waals surface area contributed by atoms with Gasteiger partial charge in [0.15, 0.2) is 0 Å². The van der Waals surface area contributed by atoms with Crippen LogP contribution in [0.2, 0.25) is 0 Å². The zero-order chi connectivity index (χ0) is 12.4. The van der Waals surface area contributed by atoms with Crippen LogP contribution in [0, 0.1) is 0 Å². The van der Waals surface area contributed by atoms with Gasteiger partial charge in [0.05, 0.1) is 0 Å². The molecule has 92 valence electrons. The summed E-state index contributed by atoms with van der Waals surface area (Å²) < 4.78 is 0. The minimum Gasteiger partial charge on any atom is -0.340 e. The molecule has 3 heterocycles. The molecule has 0 aliphatic carbocycles. The van der Waals surface area contributed by atoms with Gasteiger partial charge < -0.3 is 4.90 Å². The van der Waals surface area contributed by atoms with Gasteiger partial charge in [0.25, 0.3) is 0 Å². The molecule has 5 heteroatoms. The van der Waals surface area contributed by atoms with Crippen molar-refractivity contribution in [3.05, 3.63) is 29.9 Å². The van der Waals surface area contributed by atoms with Crippen molar-refractivity contribution < 1.29 is 4.79 Å². The van der Waals surface area contributed by atoms with Crippen molar-refractivity contribution in [2.45, 2.75) is 12.8 Å². The van der Waals surface area contributed by atoms with E-state index in [4.69, 9.17) is 0 Å². The number of aromatic nitrogens is 2. The summed E-state index contributed by atoms with van der Waals surface area (Å²) in [6.45, 7) is 1.47. The predicted octanol–water partition coefficient (Wildman–Crippen LogP) is 2.37. The van der Waals surface area contributed by atoms with E-state index < -0.39 is 0 Å². The molecule has 3 rings (SSSR count). The molecule has 2 aromatic rings. The van der Waals surface area contributed by atoms with E-state index in [1.807, 2.05) is 23.8 Å². The Balaban J connectivity index is 1.77. The molecular weight excluding hydrogens is 246 g/mol. The summed E-state index contributed by atoms with van der Waals surface area (Å²) in [4.78, 5) is 23.2. The molecule has 1 fully saturated rings. The second kappa shape index (κ2) is 4.86. The SMILES string of the molecule is O=C1CCN(c2ncc(-c3cccs3)cn2)CC1. The van der Waals surface area contributed by atoms with E-state index in [9.17, 15) is 4.79 Å². The number of piperidine rings is 1. The van der Waals surface area contributed by atoms with Crippen molar-refractivity contribution in [2.24, 2.45) is 0 Å². The van der Waals surface area contributed by atoms with E-state index >= 15 is 0 Å². The molecule has 18 heavy (non-hydrogen) atoms. The Morgan fingerprint density at radius 3 is 2.50 bits per heavy atom. The van der Waals surface area contributed by atoms with E-state index in [0.29, 0.717) is 18.6 Å². The van der Waals surface area contributed by atoms with Crippen LogP contribution < -0.4 is 4.90 Å². The minimum atomic E-state index is 0.335. The fraction of sp³-hybridized carbons (Fsp3) is 0.308. The van der Waals surface area contributed by atoms with Gasteiger partial charge in [-0.15, -0.1) is 11.3 Å². The van der Waals surface area contributed by atoms with Gasteiger partial charge in [-0.1, -0.05) is 6.07 Å². The van der Waals surface area contributed by atoms with Crippen molar-refractivity contribution in [3.63, 3.8) is 0 Å². The molecule has 0 bridgehead atoms. The first-order valence-corrected chi connectivity index (χ1v) is 6.83. The van der Waals surface area contributed by atoms with Crippen LogP contribution in [0.3, 0.4) is 0 Å². The Kier molecular flexibility index (Phi) is 3.06. The largest absolute Gasteiger partial charge is 0.340 e. The predicted molar refractivity (Wildman–Crippen MR) is 71.8 cm³/mol. The molecule has 0 aromatic carbocycles. The maximum Gasteiger partial charge on any atom is 0.225 e. The van der Waals surface area contributed by atoms with Crippen molar-refractivity contribution in [3.8, 4) is 10.4 Å². The third-order valence-corrected chi connectivity index (χ3v) is 3.97. The number of thiophene rings is 1. The number of carbonyl (C=O) groups is 1. The van der Waals surface area contributed by atoms with Crippen molar-refractivity contribution in [1.29, 1.82) is 0 Å². The average Bonchev–Trinajstić information content (AvgIpc) is 2.94. The zero-order valence-electron chi connectivity index (χ0n) is 9.87. The molecule has 0 radical (unpaired) electrons. The molecule has 0 saturated carbocycles. The van der Waals surface area contributed by atoms with Crippen molar-refractivity contribution in [1.82, 2.24) is 9.97 Å². The highest BCUT2D eigenvalue weighted by atomic mass is 32.1. The Morgan fingerprint density at radius 1 is 1.17 bits per heavy atom. The van der Waals surface area contributed by atoms with Crippen LogP contribution in [-0.4, -0.2) is 28.8 Å². The second-order valence-electron chi connectivity index (χ2n) is 4.27. The van der Waals surface area contributed by atoms with E-state index in [1.54, 1.807) is 11.3 Å². The van der Waals surface area contributed by atoms with E-state index in [1.165, 1.54) is 4.88 Å². The number of hydrogen-bond donors (Lipinski definition) is 0. The monoisotopic (exact) mass is 259 g/mol. The summed E-state index contributed by atoms with van der Waals surface area (Å²) in [6.07, 6.45) is 4.92. The third kappa shape index (κ3) is 2.26. The lowest BCUT2D eigenvalue weighted by Gasteiger charge is -2.25. The molecule has 1 aliphatic rings. The van der Waals surface area contributed by atoms with E-state index in [-0.39, 0.29) is 0 Å². The van der Waals surface area contributed by atoms with Crippen molar-refractivity contribution in [2.75, 3.05) is 18.0 Å². The second-order valence-corrected chi connectivity index (χ2v) is 5.22. The lowest BCUT2D eigenvalue weighted by Crippen LogP contribution is -2.34. The van der Waals surface area contributed by atoms with E-state index in [0.717, 1.165) is 24.6 Å². The quantitative estimate of drug-likeness (QED) is 0.830. The summed E-state index contributed by atoms with van der Waals surface area (Å²) in [5, 5.41) is 2.04. The van der Waals surface area contributed by atoms with Gasteiger partial charge in [0.2, 0.25) is 5.95 Å². The van der Waals surface area contributed by atoms with Crippen LogP contribution in [0.1, 0.15) is 12.8 Å². The first-order chi connectivity index (χ1) is 8.83. The van der Waals surface area contributed by atoms with Crippen LogP contribution in [0.5, 0.6) is 0 Å². The van der Waals surface area contributed by atoms with Gasteiger partial charge in [0, 0.05) is 48.8 Å². The fourth-order valence-corrected chi connectivity index (χ4v) is 2.71. The maximum atomic E-state index is 11.2.